The van der Waals surface area contributed by atoms with Gasteiger partial charge >= 0.3 is 0 Å². The molecule has 1 aliphatic carbocycles. The molecular weight excluding hydrogens is 138 g/mol. The van der Waals surface area contributed by atoms with Crippen molar-refractivity contribution in [3.8, 4) is 0 Å². The van der Waals surface area contributed by atoms with Gasteiger partial charge < -0.3 is 10.0 Å². The van der Waals surface area contributed by atoms with Crippen LogP contribution >= 0.6 is 0 Å². The van der Waals surface area contributed by atoms with Crippen molar-refractivity contribution in [3.63, 3.8) is 0 Å². The van der Waals surface area contributed by atoms with Crippen molar-refractivity contribution in [1.82, 2.24) is 4.90 Å². The molecule has 0 saturated heterocycles. The molecule has 0 unspecified atom stereocenters. The third kappa shape index (κ3) is 2.17. The number of nitrogens with zero attached hydrogens (tertiary/aromatic N) is 1. The Balaban J connectivity index is 2.40. The summed E-state index contributed by atoms with van der Waals surface area (Å²) < 4.78 is 0. The molecule has 2 nitrogen and oxygen atoms in total. The lowest BCUT2D eigenvalue weighted by molar-refractivity contribution is 0.0346. The van der Waals surface area contributed by atoms with Crippen molar-refractivity contribution in [2.24, 2.45) is 0 Å². The Bertz CT molecular complexity index is 112. The summed E-state index contributed by atoms with van der Waals surface area (Å²) in [5, 5.41) is 9.63. The number of rotatable bonds is 2. The van der Waals surface area contributed by atoms with Gasteiger partial charge in [0.25, 0.3) is 0 Å². The quantitative estimate of drug-likeness (QED) is 0.652. The molecule has 0 radical (unpaired) electrons. The topological polar surface area (TPSA) is 23.5 Å². The molecule has 0 amide bonds. The van der Waals surface area contributed by atoms with E-state index < -0.39 is 0 Å². The Labute approximate surface area is 69.2 Å². The Morgan fingerprint density at radius 1 is 1.36 bits per heavy atom. The molecule has 1 rings (SSSR count). The second-order valence-corrected chi connectivity index (χ2v) is 3.49. The average molecular weight is 157 g/mol. The highest BCUT2D eigenvalue weighted by Gasteiger charge is 2.25. The van der Waals surface area contributed by atoms with E-state index in [0.29, 0.717) is 6.04 Å². The highest BCUT2D eigenvalue weighted by Crippen LogP contribution is 2.21. The van der Waals surface area contributed by atoms with E-state index in [-0.39, 0.29) is 6.10 Å². The summed E-state index contributed by atoms with van der Waals surface area (Å²) in [6.07, 6.45) is 4.58. The first kappa shape index (κ1) is 9.01. The molecule has 2 heteroatoms. The molecule has 1 fully saturated rings. The third-order valence-electron chi connectivity index (χ3n) is 2.76. The number of hydrogen-bond acceptors (Lipinski definition) is 2. The maximum atomic E-state index is 9.63. The first-order valence-electron chi connectivity index (χ1n) is 4.64. The van der Waals surface area contributed by atoms with Crippen molar-refractivity contribution in [2.45, 2.75) is 44.8 Å². The minimum Gasteiger partial charge on any atom is -0.391 e. The fourth-order valence-electron chi connectivity index (χ4n) is 1.84. The zero-order valence-electron chi connectivity index (χ0n) is 7.58. The Morgan fingerprint density at radius 3 is 2.55 bits per heavy atom. The lowest BCUT2D eigenvalue weighted by Gasteiger charge is -2.34. The maximum absolute atomic E-state index is 9.63. The molecule has 0 aromatic rings. The summed E-state index contributed by atoms with van der Waals surface area (Å²) in [5.41, 5.74) is 0. The van der Waals surface area contributed by atoms with Crippen LogP contribution < -0.4 is 0 Å². The molecule has 0 spiro atoms. The van der Waals surface area contributed by atoms with Gasteiger partial charge in [0, 0.05) is 6.04 Å². The second-order valence-electron chi connectivity index (χ2n) is 3.49. The predicted molar refractivity (Wildman–Crippen MR) is 46.6 cm³/mol. The monoisotopic (exact) mass is 157 g/mol. The van der Waals surface area contributed by atoms with Crippen molar-refractivity contribution >= 4 is 0 Å². The van der Waals surface area contributed by atoms with E-state index in [1.54, 1.807) is 0 Å². The molecule has 1 N–H and O–H groups in total. The zero-order chi connectivity index (χ0) is 8.27. The summed E-state index contributed by atoms with van der Waals surface area (Å²) in [7, 11) is 2.10. The summed E-state index contributed by atoms with van der Waals surface area (Å²) in [4.78, 5) is 2.25. The maximum Gasteiger partial charge on any atom is 0.0695 e. The van der Waals surface area contributed by atoms with E-state index in [4.69, 9.17) is 0 Å². The molecule has 1 aliphatic rings. The van der Waals surface area contributed by atoms with E-state index in [2.05, 4.69) is 18.9 Å². The molecule has 0 aliphatic heterocycles. The molecule has 0 aromatic carbocycles. The van der Waals surface area contributed by atoms with Gasteiger partial charge in [-0.2, -0.15) is 0 Å². The molecule has 1 saturated carbocycles. The Morgan fingerprint density at radius 2 is 2.00 bits per heavy atom. The second kappa shape index (κ2) is 4.07. The minimum absolute atomic E-state index is 0.0753. The van der Waals surface area contributed by atoms with Crippen LogP contribution in [0.2, 0.25) is 0 Å². The first-order valence-corrected chi connectivity index (χ1v) is 4.64. The Hall–Kier alpha value is -0.0800. The van der Waals surface area contributed by atoms with Crippen LogP contribution in [0.3, 0.4) is 0 Å². The molecule has 11 heavy (non-hydrogen) atoms. The van der Waals surface area contributed by atoms with Crippen molar-refractivity contribution < 1.29 is 5.11 Å². The minimum atomic E-state index is -0.0753. The normalized spacial score (nSPS) is 32.7. The van der Waals surface area contributed by atoms with Crippen molar-refractivity contribution in [1.29, 1.82) is 0 Å². The molecule has 2 atom stereocenters. The molecule has 0 heterocycles. The van der Waals surface area contributed by atoms with Crippen LogP contribution in [-0.2, 0) is 0 Å². The summed E-state index contributed by atoms with van der Waals surface area (Å²) in [6.45, 7) is 3.18. The van der Waals surface area contributed by atoms with Crippen LogP contribution in [0.5, 0.6) is 0 Å². The van der Waals surface area contributed by atoms with Gasteiger partial charge in [-0.3, -0.25) is 0 Å². The van der Waals surface area contributed by atoms with E-state index in [1.165, 1.54) is 19.3 Å². The van der Waals surface area contributed by atoms with Gasteiger partial charge in [-0.25, -0.2) is 0 Å². The van der Waals surface area contributed by atoms with Gasteiger partial charge in [-0.05, 0) is 26.4 Å². The molecular formula is C9H19NO. The van der Waals surface area contributed by atoms with Crippen LogP contribution in [0.4, 0.5) is 0 Å². The lowest BCUT2D eigenvalue weighted by atomic mass is 9.92. The van der Waals surface area contributed by atoms with Gasteiger partial charge in [0.2, 0.25) is 0 Å². The summed E-state index contributed by atoms with van der Waals surface area (Å²) in [6, 6.07) is 0.425. The predicted octanol–water partition coefficient (Wildman–Crippen LogP) is 1.24. The van der Waals surface area contributed by atoms with Crippen LogP contribution in [0.15, 0.2) is 0 Å². The molecule has 0 bridgehead atoms. The fraction of sp³-hybridized carbons (Fsp3) is 1.00. The average Bonchev–Trinajstić information content (AvgIpc) is 2.04. The van der Waals surface area contributed by atoms with Crippen LogP contribution in [0.25, 0.3) is 0 Å². The number of hydrogen-bond donors (Lipinski definition) is 1. The first-order chi connectivity index (χ1) is 5.25. The van der Waals surface area contributed by atoms with E-state index in [9.17, 15) is 5.11 Å². The van der Waals surface area contributed by atoms with E-state index in [0.717, 1.165) is 13.0 Å². The zero-order valence-corrected chi connectivity index (χ0v) is 7.58. The van der Waals surface area contributed by atoms with Crippen LogP contribution in [0, 0.1) is 0 Å². The number of aliphatic hydroxyl groups is 1. The van der Waals surface area contributed by atoms with Gasteiger partial charge in [0.15, 0.2) is 0 Å². The van der Waals surface area contributed by atoms with Crippen LogP contribution in [-0.4, -0.2) is 35.7 Å². The van der Waals surface area contributed by atoms with Gasteiger partial charge in [-0.15, -0.1) is 0 Å². The van der Waals surface area contributed by atoms with Gasteiger partial charge in [0.1, 0.15) is 0 Å². The van der Waals surface area contributed by atoms with Crippen LogP contribution in [0.1, 0.15) is 32.6 Å². The van der Waals surface area contributed by atoms with E-state index >= 15 is 0 Å². The Kier molecular flexibility index (Phi) is 3.34. The smallest absolute Gasteiger partial charge is 0.0695 e. The van der Waals surface area contributed by atoms with Gasteiger partial charge in [-0.1, -0.05) is 19.8 Å². The van der Waals surface area contributed by atoms with E-state index in [1.807, 2.05) is 0 Å². The number of aliphatic hydroxyl groups excluding tert-OH is 1. The molecule has 0 aromatic heterocycles. The van der Waals surface area contributed by atoms with Crippen molar-refractivity contribution in [3.05, 3.63) is 0 Å². The lowest BCUT2D eigenvalue weighted by Crippen LogP contribution is -2.43. The molecule has 66 valence electrons. The number of likely N-dealkylation sites (N-methyl/N-ethyl adjacent to an activating group) is 1. The van der Waals surface area contributed by atoms with Gasteiger partial charge in [0.05, 0.1) is 6.10 Å². The summed E-state index contributed by atoms with van der Waals surface area (Å²) in [5.74, 6) is 0. The fourth-order valence-corrected chi connectivity index (χ4v) is 1.84. The standard InChI is InChI=1S/C9H19NO/c1-3-10(2)8-6-4-5-7-9(8)11/h8-9,11H,3-7H2,1-2H3/t8-,9-/m1/s1. The third-order valence-corrected chi connectivity index (χ3v) is 2.76. The largest absolute Gasteiger partial charge is 0.391 e. The van der Waals surface area contributed by atoms with Crippen molar-refractivity contribution in [2.75, 3.05) is 13.6 Å². The summed E-state index contributed by atoms with van der Waals surface area (Å²) >= 11 is 0. The SMILES string of the molecule is CCN(C)[C@@H]1CCCC[C@H]1O. The highest BCUT2D eigenvalue weighted by atomic mass is 16.3. The highest BCUT2D eigenvalue weighted by molar-refractivity contribution is 4.80.